The van der Waals surface area contributed by atoms with E-state index in [1.807, 2.05) is 0 Å². The number of nitrogens with zero attached hydrogens (tertiary/aromatic N) is 3. The van der Waals surface area contributed by atoms with Gasteiger partial charge in [-0.05, 0) is 13.8 Å². The van der Waals surface area contributed by atoms with Gasteiger partial charge in [-0.1, -0.05) is 5.16 Å². The monoisotopic (exact) mass is 253 g/mol. The first-order valence-corrected chi connectivity index (χ1v) is 6.21. The highest BCUT2D eigenvalue weighted by Crippen LogP contribution is 2.11. The van der Waals surface area contributed by atoms with Gasteiger partial charge in [-0.3, -0.25) is 9.80 Å². The molecule has 6 nitrogen and oxygen atoms in total. The van der Waals surface area contributed by atoms with E-state index >= 15 is 0 Å². The summed E-state index contributed by atoms with van der Waals surface area (Å²) < 4.78 is 5.02. The van der Waals surface area contributed by atoms with Crippen molar-refractivity contribution in [1.82, 2.24) is 15.0 Å². The lowest BCUT2D eigenvalue weighted by atomic mass is 10.2. The minimum Gasteiger partial charge on any atom is -0.476 e. The minimum absolute atomic E-state index is 0.0224. The largest absolute Gasteiger partial charge is 0.476 e. The average molecular weight is 253 g/mol. The third kappa shape index (κ3) is 3.08. The second-order valence-corrected chi connectivity index (χ2v) is 4.89. The van der Waals surface area contributed by atoms with E-state index in [4.69, 9.17) is 9.63 Å². The quantitative estimate of drug-likeness (QED) is 0.859. The van der Waals surface area contributed by atoms with Gasteiger partial charge in [-0.25, -0.2) is 4.79 Å². The van der Waals surface area contributed by atoms with E-state index in [-0.39, 0.29) is 5.69 Å². The lowest BCUT2D eigenvalue weighted by molar-refractivity contribution is 0.0685. The zero-order chi connectivity index (χ0) is 13.1. The first-order chi connectivity index (χ1) is 8.56. The molecule has 18 heavy (non-hydrogen) atoms. The van der Waals surface area contributed by atoms with Crippen molar-refractivity contribution in [3.05, 3.63) is 17.5 Å². The van der Waals surface area contributed by atoms with Gasteiger partial charge in [0.25, 0.3) is 0 Å². The third-order valence-corrected chi connectivity index (χ3v) is 3.29. The van der Waals surface area contributed by atoms with Crippen LogP contribution in [0.1, 0.15) is 30.1 Å². The summed E-state index contributed by atoms with van der Waals surface area (Å²) in [4.78, 5) is 15.4. The van der Waals surface area contributed by atoms with Crippen LogP contribution in [0.15, 0.2) is 10.6 Å². The Balaban J connectivity index is 1.85. The van der Waals surface area contributed by atoms with Crippen LogP contribution >= 0.6 is 0 Å². The molecule has 0 amide bonds. The number of hydrogen-bond acceptors (Lipinski definition) is 5. The standard InChI is InChI=1S/C12H19N3O3/c1-9(2)15-5-3-14(4-6-15)8-10-7-11(12(16)17)13-18-10/h7,9H,3-6,8H2,1-2H3,(H,16,17). The van der Waals surface area contributed by atoms with Crippen molar-refractivity contribution in [1.29, 1.82) is 0 Å². The van der Waals surface area contributed by atoms with Crippen molar-refractivity contribution in [3.63, 3.8) is 0 Å². The highest BCUT2D eigenvalue weighted by molar-refractivity contribution is 5.85. The Morgan fingerprint density at radius 2 is 2.11 bits per heavy atom. The van der Waals surface area contributed by atoms with Gasteiger partial charge < -0.3 is 9.63 Å². The number of rotatable bonds is 4. The van der Waals surface area contributed by atoms with Gasteiger partial charge in [-0.15, -0.1) is 0 Å². The van der Waals surface area contributed by atoms with Crippen molar-refractivity contribution in [2.75, 3.05) is 26.2 Å². The normalized spacial score (nSPS) is 18.4. The van der Waals surface area contributed by atoms with Gasteiger partial charge in [0.2, 0.25) is 0 Å². The number of carboxylic acid groups (broad SMARTS) is 1. The first-order valence-electron chi connectivity index (χ1n) is 6.21. The fraction of sp³-hybridized carbons (Fsp3) is 0.667. The Morgan fingerprint density at radius 1 is 1.44 bits per heavy atom. The maximum Gasteiger partial charge on any atom is 0.358 e. The smallest absolute Gasteiger partial charge is 0.358 e. The van der Waals surface area contributed by atoms with Crippen LogP contribution in [0.4, 0.5) is 0 Å². The molecule has 1 saturated heterocycles. The number of carboxylic acids is 1. The molecule has 0 unspecified atom stereocenters. The van der Waals surface area contributed by atoms with Gasteiger partial charge in [0.1, 0.15) is 0 Å². The highest BCUT2D eigenvalue weighted by Gasteiger charge is 2.20. The predicted octanol–water partition coefficient (Wildman–Crippen LogP) is 0.899. The van der Waals surface area contributed by atoms with E-state index < -0.39 is 5.97 Å². The summed E-state index contributed by atoms with van der Waals surface area (Å²) in [5.41, 5.74) is -0.0224. The molecule has 0 atom stereocenters. The molecule has 1 aromatic rings. The summed E-state index contributed by atoms with van der Waals surface area (Å²) in [5, 5.41) is 12.3. The lowest BCUT2D eigenvalue weighted by Gasteiger charge is -2.36. The van der Waals surface area contributed by atoms with E-state index in [1.54, 1.807) is 0 Å². The van der Waals surface area contributed by atoms with E-state index in [9.17, 15) is 4.79 Å². The minimum atomic E-state index is -1.05. The van der Waals surface area contributed by atoms with Gasteiger partial charge in [0.05, 0.1) is 6.54 Å². The molecule has 0 radical (unpaired) electrons. The predicted molar refractivity (Wildman–Crippen MR) is 65.4 cm³/mol. The summed E-state index contributed by atoms with van der Waals surface area (Å²) in [6, 6.07) is 2.08. The fourth-order valence-electron chi connectivity index (χ4n) is 2.15. The molecular weight excluding hydrogens is 234 g/mol. The lowest BCUT2D eigenvalue weighted by Crippen LogP contribution is -2.48. The molecule has 2 heterocycles. The van der Waals surface area contributed by atoms with Crippen molar-refractivity contribution >= 4 is 5.97 Å². The number of hydrogen-bond donors (Lipinski definition) is 1. The summed E-state index contributed by atoms with van der Waals surface area (Å²) in [7, 11) is 0. The molecule has 6 heteroatoms. The maximum atomic E-state index is 10.7. The average Bonchev–Trinajstić information content (AvgIpc) is 2.78. The second-order valence-electron chi connectivity index (χ2n) is 4.89. The molecular formula is C12H19N3O3. The van der Waals surface area contributed by atoms with Crippen LogP contribution in [0.3, 0.4) is 0 Å². The maximum absolute atomic E-state index is 10.7. The van der Waals surface area contributed by atoms with Crippen molar-refractivity contribution in [2.45, 2.75) is 26.4 Å². The van der Waals surface area contributed by atoms with Crippen LogP contribution < -0.4 is 0 Å². The number of piperazine rings is 1. The van der Waals surface area contributed by atoms with Crippen LogP contribution in [0.25, 0.3) is 0 Å². The third-order valence-electron chi connectivity index (χ3n) is 3.29. The summed E-state index contributed by atoms with van der Waals surface area (Å²) in [6.45, 7) is 9.06. The van der Waals surface area contributed by atoms with Gasteiger partial charge in [-0.2, -0.15) is 0 Å². The van der Waals surface area contributed by atoms with E-state index in [0.29, 0.717) is 18.3 Å². The molecule has 100 valence electrons. The van der Waals surface area contributed by atoms with Gasteiger partial charge >= 0.3 is 5.97 Å². The van der Waals surface area contributed by atoms with Crippen molar-refractivity contribution in [3.8, 4) is 0 Å². The van der Waals surface area contributed by atoms with Crippen LogP contribution in [0.2, 0.25) is 0 Å². The molecule has 0 spiro atoms. The SMILES string of the molecule is CC(C)N1CCN(Cc2cc(C(=O)O)no2)CC1. The van der Waals surface area contributed by atoms with Crippen molar-refractivity contribution < 1.29 is 14.4 Å². The van der Waals surface area contributed by atoms with Gasteiger partial charge in [0.15, 0.2) is 11.5 Å². The molecule has 1 aromatic heterocycles. The molecule has 0 bridgehead atoms. The summed E-state index contributed by atoms with van der Waals surface area (Å²) >= 11 is 0. The zero-order valence-electron chi connectivity index (χ0n) is 10.8. The number of aromatic nitrogens is 1. The molecule has 0 aromatic carbocycles. The zero-order valence-corrected chi connectivity index (χ0v) is 10.8. The molecule has 1 aliphatic heterocycles. The molecule has 1 aliphatic rings. The summed E-state index contributed by atoms with van der Waals surface area (Å²) in [5.74, 6) is -0.431. The molecule has 2 rings (SSSR count). The van der Waals surface area contributed by atoms with E-state index in [0.717, 1.165) is 26.2 Å². The highest BCUT2D eigenvalue weighted by atomic mass is 16.5. The summed E-state index contributed by atoms with van der Waals surface area (Å²) in [6.07, 6.45) is 0. The van der Waals surface area contributed by atoms with E-state index in [2.05, 4.69) is 28.8 Å². The second kappa shape index (κ2) is 5.49. The topological polar surface area (TPSA) is 69.8 Å². The molecule has 1 N–H and O–H groups in total. The Bertz CT molecular complexity index is 408. The first kappa shape index (κ1) is 13.0. The van der Waals surface area contributed by atoms with Crippen LogP contribution in [-0.2, 0) is 6.54 Å². The van der Waals surface area contributed by atoms with Crippen LogP contribution in [0.5, 0.6) is 0 Å². The number of aromatic carboxylic acids is 1. The Morgan fingerprint density at radius 3 is 2.61 bits per heavy atom. The molecule has 0 aliphatic carbocycles. The Labute approximate surface area is 106 Å². The Kier molecular flexibility index (Phi) is 3.98. The van der Waals surface area contributed by atoms with E-state index in [1.165, 1.54) is 6.07 Å². The van der Waals surface area contributed by atoms with Gasteiger partial charge in [0, 0.05) is 38.3 Å². The molecule has 1 fully saturated rings. The van der Waals surface area contributed by atoms with Crippen LogP contribution in [0, 0.1) is 0 Å². The van der Waals surface area contributed by atoms with Crippen molar-refractivity contribution in [2.24, 2.45) is 0 Å². The number of carbonyl (C=O) groups is 1. The van der Waals surface area contributed by atoms with Crippen LogP contribution in [-0.4, -0.2) is 58.3 Å². The fourth-order valence-corrected chi connectivity index (χ4v) is 2.15. The molecule has 0 saturated carbocycles. The Hall–Kier alpha value is -1.40.